The van der Waals surface area contributed by atoms with Crippen molar-refractivity contribution in [3.63, 3.8) is 0 Å². The Hall–Kier alpha value is -2.19. The van der Waals surface area contributed by atoms with Crippen molar-refractivity contribution in [2.75, 3.05) is 7.11 Å². The molecule has 3 aromatic rings. The van der Waals surface area contributed by atoms with Crippen LogP contribution in [-0.2, 0) is 14.8 Å². The first-order valence-electron chi connectivity index (χ1n) is 6.92. The summed E-state index contributed by atoms with van der Waals surface area (Å²) in [7, 11) is -2.61. The van der Waals surface area contributed by atoms with Gasteiger partial charge in [-0.2, -0.15) is 17.6 Å². The molecule has 124 valence electrons. The molecule has 0 saturated carbocycles. The summed E-state index contributed by atoms with van der Waals surface area (Å²) in [5, 5.41) is 4.39. The summed E-state index contributed by atoms with van der Waals surface area (Å²) < 4.78 is 31.9. The average Bonchev–Trinajstić information content (AvgIpc) is 2.98. The number of esters is 1. The van der Waals surface area contributed by atoms with Gasteiger partial charge in [0.25, 0.3) is 10.0 Å². The van der Waals surface area contributed by atoms with E-state index in [0.717, 1.165) is 9.65 Å². The van der Waals surface area contributed by atoms with E-state index in [1.807, 2.05) is 6.92 Å². The van der Waals surface area contributed by atoms with E-state index < -0.39 is 16.0 Å². The SMILES string of the molecule is COC(=O)c1cc(Br)cc2c1cnn2S(=O)(=O)c1ccc(C)cc1. The Morgan fingerprint density at radius 2 is 1.88 bits per heavy atom. The zero-order valence-corrected chi connectivity index (χ0v) is 15.3. The minimum Gasteiger partial charge on any atom is -0.465 e. The highest BCUT2D eigenvalue weighted by molar-refractivity contribution is 9.10. The molecule has 0 aliphatic heterocycles. The second kappa shape index (κ2) is 6.03. The third-order valence-electron chi connectivity index (χ3n) is 3.57. The molecule has 0 radical (unpaired) electrons. The number of halogens is 1. The van der Waals surface area contributed by atoms with E-state index in [1.165, 1.54) is 25.4 Å². The maximum atomic E-state index is 12.9. The topological polar surface area (TPSA) is 78.3 Å². The number of hydrogen-bond donors (Lipinski definition) is 0. The predicted octanol–water partition coefficient (Wildman–Crippen LogP) is 3.13. The molecule has 8 heteroatoms. The van der Waals surface area contributed by atoms with Crippen molar-refractivity contribution in [3.05, 3.63) is 58.2 Å². The fourth-order valence-electron chi connectivity index (χ4n) is 2.35. The lowest BCUT2D eigenvalue weighted by atomic mass is 10.1. The van der Waals surface area contributed by atoms with E-state index in [9.17, 15) is 13.2 Å². The van der Waals surface area contributed by atoms with E-state index in [-0.39, 0.29) is 10.5 Å². The molecular formula is C16H13BrN2O4S. The van der Waals surface area contributed by atoms with Gasteiger partial charge in [0.2, 0.25) is 0 Å². The van der Waals surface area contributed by atoms with Gasteiger partial charge in [0.1, 0.15) is 0 Å². The van der Waals surface area contributed by atoms with Crippen LogP contribution in [-0.4, -0.2) is 30.7 Å². The van der Waals surface area contributed by atoms with Crippen molar-refractivity contribution >= 4 is 42.8 Å². The van der Waals surface area contributed by atoms with Gasteiger partial charge in [-0.15, -0.1) is 0 Å². The maximum absolute atomic E-state index is 12.9. The Morgan fingerprint density at radius 3 is 2.50 bits per heavy atom. The number of rotatable bonds is 3. The van der Waals surface area contributed by atoms with E-state index in [4.69, 9.17) is 4.74 Å². The number of carbonyl (C=O) groups excluding carboxylic acids is 1. The van der Waals surface area contributed by atoms with Gasteiger partial charge in [-0.05, 0) is 31.2 Å². The van der Waals surface area contributed by atoms with Crippen molar-refractivity contribution in [2.45, 2.75) is 11.8 Å². The first-order chi connectivity index (χ1) is 11.3. The van der Waals surface area contributed by atoms with E-state index in [0.29, 0.717) is 15.4 Å². The highest BCUT2D eigenvalue weighted by atomic mass is 79.9. The molecule has 0 aliphatic rings. The number of nitrogens with zero attached hydrogens (tertiary/aromatic N) is 2. The molecule has 0 bridgehead atoms. The largest absolute Gasteiger partial charge is 0.465 e. The summed E-state index contributed by atoms with van der Waals surface area (Å²) in [6.07, 6.45) is 1.35. The van der Waals surface area contributed by atoms with Gasteiger partial charge < -0.3 is 4.74 Å². The summed E-state index contributed by atoms with van der Waals surface area (Å²) in [6, 6.07) is 9.65. The number of fused-ring (bicyclic) bond motifs is 1. The van der Waals surface area contributed by atoms with Crippen LogP contribution in [0.2, 0.25) is 0 Å². The molecule has 1 aromatic heterocycles. The van der Waals surface area contributed by atoms with Gasteiger partial charge >= 0.3 is 5.97 Å². The van der Waals surface area contributed by atoms with E-state index >= 15 is 0 Å². The second-order valence-corrected chi connectivity index (χ2v) is 7.87. The van der Waals surface area contributed by atoms with Gasteiger partial charge in [-0.1, -0.05) is 33.6 Å². The smallest absolute Gasteiger partial charge is 0.338 e. The monoisotopic (exact) mass is 408 g/mol. The third-order valence-corrected chi connectivity index (χ3v) is 5.64. The number of aryl methyl sites for hydroxylation is 1. The van der Waals surface area contributed by atoms with Gasteiger partial charge in [0.05, 0.1) is 29.3 Å². The molecule has 0 unspecified atom stereocenters. The molecule has 0 N–H and O–H groups in total. The first-order valence-corrected chi connectivity index (χ1v) is 9.16. The highest BCUT2D eigenvalue weighted by Crippen LogP contribution is 2.27. The lowest BCUT2D eigenvalue weighted by Crippen LogP contribution is -2.14. The Morgan fingerprint density at radius 1 is 1.21 bits per heavy atom. The minimum absolute atomic E-state index is 0.123. The summed E-state index contributed by atoms with van der Waals surface area (Å²) in [5.41, 5.74) is 1.49. The van der Waals surface area contributed by atoms with E-state index in [1.54, 1.807) is 24.3 Å². The first kappa shape index (κ1) is 16.7. The van der Waals surface area contributed by atoms with Crippen LogP contribution >= 0.6 is 15.9 Å². The minimum atomic E-state index is -3.87. The Bertz CT molecular complexity index is 1040. The lowest BCUT2D eigenvalue weighted by Gasteiger charge is -2.07. The summed E-state index contributed by atoms with van der Waals surface area (Å²) in [6.45, 7) is 1.87. The second-order valence-electron chi connectivity index (χ2n) is 5.18. The normalized spacial score (nSPS) is 11.6. The molecule has 3 rings (SSSR count). The summed E-state index contributed by atoms with van der Waals surface area (Å²) >= 11 is 3.29. The quantitative estimate of drug-likeness (QED) is 0.622. The van der Waals surface area contributed by atoms with Crippen molar-refractivity contribution in [3.8, 4) is 0 Å². The number of hydrogen-bond acceptors (Lipinski definition) is 5. The van der Waals surface area contributed by atoms with Crippen LogP contribution in [0.5, 0.6) is 0 Å². The number of methoxy groups -OCH3 is 1. The van der Waals surface area contributed by atoms with Crippen molar-refractivity contribution in [2.24, 2.45) is 0 Å². The van der Waals surface area contributed by atoms with E-state index in [2.05, 4.69) is 21.0 Å². The fraction of sp³-hybridized carbons (Fsp3) is 0.125. The lowest BCUT2D eigenvalue weighted by molar-refractivity contribution is 0.0603. The number of aromatic nitrogens is 2. The van der Waals surface area contributed by atoms with Crippen LogP contribution in [0.25, 0.3) is 10.9 Å². The van der Waals surface area contributed by atoms with Crippen LogP contribution in [0.1, 0.15) is 15.9 Å². The third kappa shape index (κ3) is 2.71. The number of carbonyl (C=O) groups is 1. The van der Waals surface area contributed by atoms with Crippen LogP contribution in [0, 0.1) is 6.92 Å². The van der Waals surface area contributed by atoms with Gasteiger partial charge in [-0.3, -0.25) is 0 Å². The molecule has 0 fully saturated rings. The van der Waals surface area contributed by atoms with Gasteiger partial charge in [-0.25, -0.2) is 4.79 Å². The zero-order valence-electron chi connectivity index (χ0n) is 12.9. The highest BCUT2D eigenvalue weighted by Gasteiger charge is 2.23. The molecule has 6 nitrogen and oxygen atoms in total. The summed E-state index contributed by atoms with van der Waals surface area (Å²) in [5.74, 6) is -0.561. The standard InChI is InChI=1S/C16H13BrN2O4S/c1-10-3-5-12(6-4-10)24(21,22)19-15-8-11(17)7-13(16(20)23-2)14(15)9-18-19/h3-9H,1-2H3. The molecule has 0 aliphatic carbocycles. The molecule has 0 saturated heterocycles. The van der Waals surface area contributed by atoms with Crippen molar-refractivity contribution < 1.29 is 17.9 Å². The predicted molar refractivity (Wildman–Crippen MR) is 92.5 cm³/mol. The van der Waals surface area contributed by atoms with Crippen LogP contribution < -0.4 is 0 Å². The Balaban J connectivity index is 2.26. The van der Waals surface area contributed by atoms with Crippen LogP contribution in [0.15, 0.2) is 52.0 Å². The average molecular weight is 409 g/mol. The molecule has 1 heterocycles. The van der Waals surface area contributed by atoms with Crippen molar-refractivity contribution in [1.29, 1.82) is 0 Å². The molecule has 0 spiro atoms. The Labute approximate surface area is 147 Å². The number of ether oxygens (including phenoxy) is 1. The Kier molecular flexibility index (Phi) is 4.18. The van der Waals surface area contributed by atoms with Crippen molar-refractivity contribution in [1.82, 2.24) is 9.19 Å². The molecule has 2 aromatic carbocycles. The van der Waals surface area contributed by atoms with Crippen LogP contribution in [0.4, 0.5) is 0 Å². The zero-order chi connectivity index (χ0) is 17.5. The molecule has 24 heavy (non-hydrogen) atoms. The van der Waals surface area contributed by atoms with Gasteiger partial charge in [0, 0.05) is 9.86 Å². The van der Waals surface area contributed by atoms with Crippen LogP contribution in [0.3, 0.4) is 0 Å². The maximum Gasteiger partial charge on any atom is 0.338 e. The molecule has 0 amide bonds. The summed E-state index contributed by atoms with van der Waals surface area (Å²) in [4.78, 5) is 12.0. The molecule has 0 atom stereocenters. The number of benzene rings is 2. The molecular weight excluding hydrogens is 396 g/mol. The fourth-order valence-corrected chi connectivity index (χ4v) is 4.06. The van der Waals surface area contributed by atoms with Gasteiger partial charge in [0.15, 0.2) is 0 Å².